The number of hydrogen-bond acceptors (Lipinski definition) is 4. The molecule has 1 rings (SSSR count). The first-order chi connectivity index (χ1) is 9.63. The minimum absolute atomic E-state index is 0.00334. The molecular weight excluding hydrogens is 298 g/mol. The molecule has 0 saturated carbocycles. The number of aromatic carboxylic acids is 1. The molecule has 0 saturated heterocycles. The molecule has 21 heavy (non-hydrogen) atoms. The number of aryl methyl sites for hydroxylation is 1. The largest absolute Gasteiger partial charge is 0.477 e. The quantitative estimate of drug-likeness (QED) is 0.526. The van der Waals surface area contributed by atoms with Crippen molar-refractivity contribution in [3.05, 3.63) is 22.5 Å². The average Bonchev–Trinajstić information content (AvgIpc) is 2.63. The van der Waals surface area contributed by atoms with E-state index >= 15 is 0 Å². The molecule has 0 aromatic carbocycles. The number of sulfonamides is 1. The molecule has 0 radical (unpaired) electrons. The van der Waals surface area contributed by atoms with E-state index in [9.17, 15) is 18.0 Å². The van der Waals surface area contributed by atoms with Crippen LogP contribution in [0.25, 0.3) is 0 Å². The van der Waals surface area contributed by atoms with Crippen molar-refractivity contribution in [3.63, 3.8) is 0 Å². The van der Waals surface area contributed by atoms with E-state index in [0.29, 0.717) is 23.2 Å². The van der Waals surface area contributed by atoms with Gasteiger partial charge in [0.1, 0.15) is 5.69 Å². The number of H-pyrrole nitrogens is 1. The highest BCUT2D eigenvalue weighted by Gasteiger charge is 2.21. The number of amides is 1. The fourth-order valence-electron chi connectivity index (χ4n) is 1.94. The number of aromatic amines is 1. The highest BCUT2D eigenvalue weighted by atomic mass is 32.2. The first-order valence-electron chi connectivity index (χ1n) is 6.28. The van der Waals surface area contributed by atoms with Gasteiger partial charge in [-0.2, -0.15) is 0 Å². The van der Waals surface area contributed by atoms with Crippen molar-refractivity contribution in [3.8, 4) is 0 Å². The van der Waals surface area contributed by atoms with Gasteiger partial charge in [-0.3, -0.25) is 4.79 Å². The standard InChI is InChI=1S/C12H19N3O5S/c1-7-9(8(2)15-10(7)12(17)18)11(16)13-5-4-6-14-21(3,19)20/h14-15H,4-6H2,1-3H3,(H,13,16)(H,17,18). The topological polar surface area (TPSA) is 128 Å². The van der Waals surface area contributed by atoms with Crippen LogP contribution >= 0.6 is 0 Å². The van der Waals surface area contributed by atoms with E-state index in [1.807, 2.05) is 0 Å². The van der Waals surface area contributed by atoms with Gasteiger partial charge in [-0.25, -0.2) is 17.9 Å². The van der Waals surface area contributed by atoms with E-state index in [0.717, 1.165) is 6.26 Å². The smallest absolute Gasteiger partial charge is 0.352 e. The van der Waals surface area contributed by atoms with Crippen LogP contribution in [0.2, 0.25) is 0 Å². The number of nitrogens with one attached hydrogen (secondary N) is 3. The molecule has 0 unspecified atom stereocenters. The molecule has 0 aliphatic heterocycles. The van der Waals surface area contributed by atoms with Gasteiger partial charge in [0, 0.05) is 18.8 Å². The Hall–Kier alpha value is -1.87. The molecule has 4 N–H and O–H groups in total. The zero-order chi connectivity index (χ0) is 16.2. The van der Waals surface area contributed by atoms with Crippen molar-refractivity contribution in [1.29, 1.82) is 0 Å². The highest BCUT2D eigenvalue weighted by Crippen LogP contribution is 2.17. The van der Waals surface area contributed by atoms with Gasteiger partial charge in [-0.1, -0.05) is 0 Å². The molecule has 1 heterocycles. The molecule has 0 atom stereocenters. The van der Waals surface area contributed by atoms with Crippen LogP contribution in [0, 0.1) is 13.8 Å². The first-order valence-corrected chi connectivity index (χ1v) is 8.18. The van der Waals surface area contributed by atoms with Crippen LogP contribution in [0.15, 0.2) is 0 Å². The highest BCUT2D eigenvalue weighted by molar-refractivity contribution is 7.88. The van der Waals surface area contributed by atoms with Gasteiger partial charge in [-0.05, 0) is 25.8 Å². The third-order valence-electron chi connectivity index (χ3n) is 2.88. The Labute approximate surface area is 123 Å². The monoisotopic (exact) mass is 317 g/mol. The minimum atomic E-state index is -3.23. The van der Waals surface area contributed by atoms with Gasteiger partial charge in [-0.15, -0.1) is 0 Å². The molecule has 0 aliphatic rings. The van der Waals surface area contributed by atoms with Crippen molar-refractivity contribution < 1.29 is 23.1 Å². The number of carboxylic acid groups (broad SMARTS) is 1. The van der Waals surface area contributed by atoms with Crippen molar-refractivity contribution >= 4 is 21.9 Å². The number of carbonyl (C=O) groups excluding carboxylic acids is 1. The summed E-state index contributed by atoms with van der Waals surface area (Å²) in [6, 6.07) is 0. The van der Waals surface area contributed by atoms with E-state index in [4.69, 9.17) is 5.11 Å². The molecule has 0 aliphatic carbocycles. The first kappa shape index (κ1) is 17.2. The fraction of sp³-hybridized carbons (Fsp3) is 0.500. The molecule has 118 valence electrons. The van der Waals surface area contributed by atoms with Crippen LogP contribution in [-0.4, -0.2) is 49.7 Å². The Morgan fingerprint density at radius 1 is 1.24 bits per heavy atom. The zero-order valence-corrected chi connectivity index (χ0v) is 12.9. The Bertz CT molecular complexity index is 648. The van der Waals surface area contributed by atoms with Crippen LogP contribution < -0.4 is 10.0 Å². The lowest BCUT2D eigenvalue weighted by molar-refractivity contribution is 0.0690. The maximum absolute atomic E-state index is 12.0. The van der Waals surface area contributed by atoms with Crippen LogP contribution in [0.3, 0.4) is 0 Å². The van der Waals surface area contributed by atoms with E-state index in [-0.39, 0.29) is 24.7 Å². The molecule has 0 spiro atoms. The third kappa shape index (κ3) is 4.87. The summed E-state index contributed by atoms with van der Waals surface area (Å²) < 4.78 is 24.0. The predicted molar refractivity (Wildman–Crippen MR) is 77.0 cm³/mol. The van der Waals surface area contributed by atoms with Gasteiger partial charge in [0.2, 0.25) is 10.0 Å². The summed E-state index contributed by atoms with van der Waals surface area (Å²) in [6.07, 6.45) is 1.50. The Kier molecular flexibility index (Phi) is 5.50. The minimum Gasteiger partial charge on any atom is -0.477 e. The SMILES string of the molecule is Cc1[nH]c(C(=O)O)c(C)c1C(=O)NCCCNS(C)(=O)=O. The zero-order valence-electron chi connectivity index (χ0n) is 12.1. The van der Waals surface area contributed by atoms with Crippen LogP contribution in [0.4, 0.5) is 0 Å². The lowest BCUT2D eigenvalue weighted by atomic mass is 10.1. The van der Waals surface area contributed by atoms with Gasteiger partial charge < -0.3 is 15.4 Å². The molecule has 0 bridgehead atoms. The molecule has 9 heteroatoms. The number of rotatable bonds is 7. The molecule has 8 nitrogen and oxygen atoms in total. The van der Waals surface area contributed by atoms with Gasteiger partial charge in [0.25, 0.3) is 5.91 Å². The number of aromatic nitrogens is 1. The second kappa shape index (κ2) is 6.72. The maximum atomic E-state index is 12.0. The normalized spacial score (nSPS) is 11.4. The lowest BCUT2D eigenvalue weighted by Gasteiger charge is -2.06. The van der Waals surface area contributed by atoms with Crippen LogP contribution in [0.5, 0.6) is 0 Å². The number of carboxylic acids is 1. The van der Waals surface area contributed by atoms with Crippen molar-refractivity contribution in [2.24, 2.45) is 0 Å². The van der Waals surface area contributed by atoms with E-state index in [2.05, 4.69) is 15.0 Å². The molecular formula is C12H19N3O5S. The van der Waals surface area contributed by atoms with Crippen molar-refractivity contribution in [2.45, 2.75) is 20.3 Å². The molecule has 1 aromatic heterocycles. The Morgan fingerprint density at radius 2 is 1.86 bits per heavy atom. The van der Waals surface area contributed by atoms with Crippen LogP contribution in [0.1, 0.15) is 38.5 Å². The van der Waals surface area contributed by atoms with E-state index in [1.54, 1.807) is 13.8 Å². The second-order valence-electron chi connectivity index (χ2n) is 4.71. The number of hydrogen-bond donors (Lipinski definition) is 4. The summed E-state index contributed by atoms with van der Waals surface area (Å²) in [4.78, 5) is 25.7. The number of carbonyl (C=O) groups is 2. The summed E-state index contributed by atoms with van der Waals surface area (Å²) in [5.74, 6) is -1.50. The summed E-state index contributed by atoms with van der Waals surface area (Å²) in [5, 5.41) is 11.6. The Balaban J connectivity index is 2.59. The Morgan fingerprint density at radius 3 is 2.33 bits per heavy atom. The van der Waals surface area contributed by atoms with E-state index < -0.39 is 16.0 Å². The second-order valence-corrected chi connectivity index (χ2v) is 6.54. The third-order valence-corrected chi connectivity index (χ3v) is 3.61. The summed E-state index contributed by atoms with van der Waals surface area (Å²) in [6.45, 7) is 3.70. The molecule has 1 aromatic rings. The van der Waals surface area contributed by atoms with Gasteiger partial charge in [0.05, 0.1) is 11.8 Å². The van der Waals surface area contributed by atoms with Crippen molar-refractivity contribution in [1.82, 2.24) is 15.0 Å². The molecule has 0 fully saturated rings. The van der Waals surface area contributed by atoms with Gasteiger partial charge >= 0.3 is 5.97 Å². The van der Waals surface area contributed by atoms with Gasteiger partial charge in [0.15, 0.2) is 0 Å². The van der Waals surface area contributed by atoms with E-state index in [1.165, 1.54) is 0 Å². The summed E-state index contributed by atoms with van der Waals surface area (Å²) >= 11 is 0. The summed E-state index contributed by atoms with van der Waals surface area (Å²) in [5.41, 5.74) is 1.17. The maximum Gasteiger partial charge on any atom is 0.352 e. The predicted octanol–water partition coefficient (Wildman–Crippen LogP) is -0.00116. The summed E-state index contributed by atoms with van der Waals surface area (Å²) in [7, 11) is -3.23. The molecule has 1 amide bonds. The lowest BCUT2D eigenvalue weighted by Crippen LogP contribution is -2.29. The van der Waals surface area contributed by atoms with Crippen molar-refractivity contribution in [2.75, 3.05) is 19.3 Å². The fourth-order valence-corrected chi connectivity index (χ4v) is 2.46. The van der Waals surface area contributed by atoms with Crippen LogP contribution in [-0.2, 0) is 10.0 Å². The average molecular weight is 317 g/mol.